The SMILES string of the molecule is Cc1ccccc1CC(=O)N1CCN(C(=O)CC2(C(=O)O)CCC2)CC1. The fraction of sp³-hybridized carbons (Fsp3) is 0.550. The van der Waals surface area contributed by atoms with Gasteiger partial charge in [0, 0.05) is 32.6 Å². The van der Waals surface area contributed by atoms with Gasteiger partial charge >= 0.3 is 5.97 Å². The molecule has 0 radical (unpaired) electrons. The zero-order valence-corrected chi connectivity index (χ0v) is 15.2. The highest BCUT2D eigenvalue weighted by molar-refractivity contribution is 5.86. The van der Waals surface area contributed by atoms with Gasteiger partial charge < -0.3 is 14.9 Å². The molecular formula is C20H26N2O4. The van der Waals surface area contributed by atoms with Crippen molar-refractivity contribution in [1.82, 2.24) is 9.80 Å². The van der Waals surface area contributed by atoms with Crippen LogP contribution in [0.2, 0.25) is 0 Å². The number of amides is 2. The van der Waals surface area contributed by atoms with E-state index in [4.69, 9.17) is 0 Å². The number of carboxylic acids is 1. The van der Waals surface area contributed by atoms with Crippen LogP contribution in [0.3, 0.4) is 0 Å². The average molecular weight is 358 g/mol. The summed E-state index contributed by atoms with van der Waals surface area (Å²) in [5.41, 5.74) is 1.29. The van der Waals surface area contributed by atoms with E-state index in [1.807, 2.05) is 31.2 Å². The lowest BCUT2D eigenvalue weighted by Gasteiger charge is -2.40. The van der Waals surface area contributed by atoms with E-state index >= 15 is 0 Å². The Kier molecular flexibility index (Phi) is 5.30. The van der Waals surface area contributed by atoms with Gasteiger partial charge in [0.1, 0.15) is 0 Å². The average Bonchev–Trinajstić information content (AvgIpc) is 2.59. The molecule has 0 spiro atoms. The van der Waals surface area contributed by atoms with Crippen molar-refractivity contribution in [3.63, 3.8) is 0 Å². The van der Waals surface area contributed by atoms with E-state index in [1.165, 1.54) is 0 Å². The minimum absolute atomic E-state index is 0.0763. The quantitative estimate of drug-likeness (QED) is 0.871. The summed E-state index contributed by atoms with van der Waals surface area (Å²) in [5, 5.41) is 9.38. The molecule has 0 atom stereocenters. The molecule has 1 N–H and O–H groups in total. The predicted molar refractivity (Wildman–Crippen MR) is 96.6 cm³/mol. The Hall–Kier alpha value is -2.37. The van der Waals surface area contributed by atoms with Crippen LogP contribution in [0.25, 0.3) is 0 Å². The molecule has 1 aliphatic heterocycles. The number of rotatable bonds is 5. The summed E-state index contributed by atoms with van der Waals surface area (Å²) >= 11 is 0. The van der Waals surface area contributed by atoms with Crippen molar-refractivity contribution >= 4 is 17.8 Å². The minimum Gasteiger partial charge on any atom is -0.481 e. The molecule has 1 saturated heterocycles. The van der Waals surface area contributed by atoms with Gasteiger partial charge in [-0.2, -0.15) is 0 Å². The fourth-order valence-electron chi connectivity index (χ4n) is 3.76. The van der Waals surface area contributed by atoms with Crippen molar-refractivity contribution in [2.24, 2.45) is 5.41 Å². The van der Waals surface area contributed by atoms with E-state index in [0.29, 0.717) is 45.4 Å². The lowest BCUT2D eigenvalue weighted by atomic mass is 9.66. The second-order valence-corrected chi connectivity index (χ2v) is 7.48. The first kappa shape index (κ1) is 18.4. The molecule has 3 rings (SSSR count). The van der Waals surface area contributed by atoms with Gasteiger partial charge in [-0.1, -0.05) is 30.7 Å². The highest BCUT2D eigenvalue weighted by atomic mass is 16.4. The molecule has 2 amide bonds. The number of piperazine rings is 1. The first-order valence-corrected chi connectivity index (χ1v) is 9.25. The highest BCUT2D eigenvalue weighted by Gasteiger charge is 2.46. The van der Waals surface area contributed by atoms with Crippen LogP contribution < -0.4 is 0 Å². The van der Waals surface area contributed by atoms with Gasteiger partial charge in [0.2, 0.25) is 11.8 Å². The molecule has 1 aromatic rings. The molecule has 1 aliphatic carbocycles. The van der Waals surface area contributed by atoms with Gasteiger partial charge in [0.15, 0.2) is 0 Å². The second-order valence-electron chi connectivity index (χ2n) is 7.48. The number of benzene rings is 1. The Morgan fingerprint density at radius 1 is 1.00 bits per heavy atom. The Morgan fingerprint density at radius 2 is 1.58 bits per heavy atom. The van der Waals surface area contributed by atoms with E-state index in [-0.39, 0.29) is 18.2 Å². The maximum absolute atomic E-state index is 12.5. The Labute approximate surface area is 153 Å². The Bertz CT molecular complexity index is 704. The number of carbonyl (C=O) groups is 3. The standard InChI is InChI=1S/C20H26N2O4/c1-15-5-2-3-6-16(15)13-17(23)21-9-11-22(12-10-21)18(24)14-20(19(25)26)7-4-8-20/h2-3,5-6H,4,7-14H2,1H3,(H,25,26). The summed E-state index contributed by atoms with van der Waals surface area (Å²) in [7, 11) is 0. The van der Waals surface area contributed by atoms with E-state index in [0.717, 1.165) is 17.5 Å². The zero-order chi connectivity index (χ0) is 18.7. The Balaban J connectivity index is 1.51. The maximum atomic E-state index is 12.5. The van der Waals surface area contributed by atoms with Gasteiger partial charge in [-0.25, -0.2) is 0 Å². The molecule has 1 heterocycles. The van der Waals surface area contributed by atoms with E-state index in [1.54, 1.807) is 9.80 Å². The van der Waals surface area contributed by atoms with Gasteiger partial charge in [-0.3, -0.25) is 14.4 Å². The maximum Gasteiger partial charge on any atom is 0.310 e. The molecule has 1 aromatic carbocycles. The van der Waals surface area contributed by atoms with Crippen molar-refractivity contribution < 1.29 is 19.5 Å². The minimum atomic E-state index is -0.857. The number of hydrogen-bond donors (Lipinski definition) is 1. The van der Waals surface area contributed by atoms with E-state index < -0.39 is 11.4 Å². The molecule has 6 heteroatoms. The molecule has 2 aliphatic rings. The lowest BCUT2D eigenvalue weighted by molar-refractivity contribution is -0.160. The molecular weight excluding hydrogens is 332 g/mol. The summed E-state index contributed by atoms with van der Waals surface area (Å²) in [6.07, 6.45) is 2.51. The smallest absolute Gasteiger partial charge is 0.310 e. The predicted octanol–water partition coefficient (Wildman–Crippen LogP) is 1.85. The molecule has 1 saturated carbocycles. The van der Waals surface area contributed by atoms with E-state index in [2.05, 4.69) is 0 Å². The Morgan fingerprint density at radius 3 is 2.08 bits per heavy atom. The number of hydrogen-bond acceptors (Lipinski definition) is 3. The van der Waals surface area contributed by atoms with Crippen LogP contribution in [-0.2, 0) is 20.8 Å². The van der Waals surface area contributed by atoms with Gasteiger partial charge in [-0.15, -0.1) is 0 Å². The third kappa shape index (κ3) is 3.74. The van der Waals surface area contributed by atoms with Crippen molar-refractivity contribution in [2.45, 2.75) is 39.0 Å². The summed E-state index contributed by atoms with van der Waals surface area (Å²) in [5.74, 6) is -0.880. The van der Waals surface area contributed by atoms with Crippen LogP contribution in [0.15, 0.2) is 24.3 Å². The third-order valence-electron chi connectivity index (χ3n) is 5.84. The number of nitrogens with zero attached hydrogens (tertiary/aromatic N) is 2. The monoisotopic (exact) mass is 358 g/mol. The lowest BCUT2D eigenvalue weighted by Crippen LogP contribution is -2.52. The highest BCUT2D eigenvalue weighted by Crippen LogP contribution is 2.44. The van der Waals surface area contributed by atoms with Gasteiger partial charge in [-0.05, 0) is 30.9 Å². The molecule has 0 unspecified atom stereocenters. The number of aliphatic carboxylic acids is 1. The second kappa shape index (κ2) is 7.48. The third-order valence-corrected chi connectivity index (χ3v) is 5.84. The van der Waals surface area contributed by atoms with Crippen LogP contribution in [0.5, 0.6) is 0 Å². The molecule has 140 valence electrons. The van der Waals surface area contributed by atoms with Crippen LogP contribution in [0.1, 0.15) is 36.8 Å². The number of carboxylic acid groups (broad SMARTS) is 1. The summed E-state index contributed by atoms with van der Waals surface area (Å²) < 4.78 is 0. The molecule has 0 bridgehead atoms. The fourth-order valence-corrected chi connectivity index (χ4v) is 3.76. The van der Waals surface area contributed by atoms with Crippen molar-refractivity contribution in [2.75, 3.05) is 26.2 Å². The molecule has 26 heavy (non-hydrogen) atoms. The topological polar surface area (TPSA) is 77.9 Å². The normalized spacial score (nSPS) is 19.0. The van der Waals surface area contributed by atoms with E-state index in [9.17, 15) is 19.5 Å². The van der Waals surface area contributed by atoms with Crippen molar-refractivity contribution in [1.29, 1.82) is 0 Å². The molecule has 6 nitrogen and oxygen atoms in total. The zero-order valence-electron chi connectivity index (χ0n) is 15.2. The summed E-state index contributed by atoms with van der Waals surface area (Å²) in [6.45, 7) is 3.98. The number of aryl methyl sites for hydroxylation is 1. The van der Waals surface area contributed by atoms with Crippen LogP contribution in [0, 0.1) is 12.3 Å². The van der Waals surface area contributed by atoms with Gasteiger partial charge in [0.25, 0.3) is 0 Å². The molecule has 0 aromatic heterocycles. The molecule has 2 fully saturated rings. The summed E-state index contributed by atoms with van der Waals surface area (Å²) in [4.78, 5) is 39.9. The van der Waals surface area contributed by atoms with Crippen LogP contribution in [-0.4, -0.2) is 58.9 Å². The first-order chi connectivity index (χ1) is 12.4. The van der Waals surface area contributed by atoms with Crippen LogP contribution >= 0.6 is 0 Å². The summed E-state index contributed by atoms with van der Waals surface area (Å²) in [6, 6.07) is 7.86. The van der Waals surface area contributed by atoms with Crippen molar-refractivity contribution in [3.8, 4) is 0 Å². The largest absolute Gasteiger partial charge is 0.481 e. The first-order valence-electron chi connectivity index (χ1n) is 9.25. The van der Waals surface area contributed by atoms with Gasteiger partial charge in [0.05, 0.1) is 11.8 Å². The number of carbonyl (C=O) groups excluding carboxylic acids is 2. The van der Waals surface area contributed by atoms with Crippen molar-refractivity contribution in [3.05, 3.63) is 35.4 Å². The van der Waals surface area contributed by atoms with Crippen LogP contribution in [0.4, 0.5) is 0 Å².